The van der Waals surface area contributed by atoms with Gasteiger partial charge in [0.15, 0.2) is 0 Å². The van der Waals surface area contributed by atoms with E-state index in [1.807, 2.05) is 0 Å². The standard InChI is InChI=1S/C15H27N3O/c1-3-14-13(8-9-16)15(4-2)18(17-14)11-12-7-5-6-10-19-12/h12H,3-11,16H2,1-2H3. The predicted molar refractivity (Wildman–Crippen MR) is 77.3 cm³/mol. The van der Waals surface area contributed by atoms with Crippen LogP contribution in [-0.4, -0.2) is 29.0 Å². The van der Waals surface area contributed by atoms with Gasteiger partial charge in [-0.3, -0.25) is 4.68 Å². The van der Waals surface area contributed by atoms with Crippen LogP contribution in [0.25, 0.3) is 0 Å². The van der Waals surface area contributed by atoms with Gasteiger partial charge in [-0.1, -0.05) is 13.8 Å². The SMILES string of the molecule is CCc1nn(CC2CCCCO2)c(CC)c1CCN. The van der Waals surface area contributed by atoms with Crippen molar-refractivity contribution >= 4 is 0 Å². The molecule has 0 bridgehead atoms. The quantitative estimate of drug-likeness (QED) is 0.857. The van der Waals surface area contributed by atoms with Crippen molar-refractivity contribution in [3.05, 3.63) is 17.0 Å². The van der Waals surface area contributed by atoms with Gasteiger partial charge in [0.1, 0.15) is 0 Å². The van der Waals surface area contributed by atoms with Crippen LogP contribution in [0.15, 0.2) is 0 Å². The van der Waals surface area contributed by atoms with Gasteiger partial charge in [-0.2, -0.15) is 5.10 Å². The molecule has 2 N–H and O–H groups in total. The zero-order chi connectivity index (χ0) is 13.7. The molecule has 0 aliphatic carbocycles. The summed E-state index contributed by atoms with van der Waals surface area (Å²) in [6.07, 6.45) is 6.94. The molecule has 2 rings (SSSR count). The minimum atomic E-state index is 0.342. The van der Waals surface area contributed by atoms with E-state index in [2.05, 4.69) is 18.5 Å². The van der Waals surface area contributed by atoms with Crippen LogP contribution in [0, 0.1) is 0 Å². The van der Waals surface area contributed by atoms with Gasteiger partial charge < -0.3 is 10.5 Å². The van der Waals surface area contributed by atoms with E-state index in [9.17, 15) is 0 Å². The van der Waals surface area contributed by atoms with Gasteiger partial charge in [0, 0.05) is 12.3 Å². The molecule has 2 heterocycles. The smallest absolute Gasteiger partial charge is 0.0771 e. The fourth-order valence-corrected chi connectivity index (χ4v) is 3.00. The van der Waals surface area contributed by atoms with Crippen molar-refractivity contribution < 1.29 is 4.74 Å². The van der Waals surface area contributed by atoms with E-state index in [1.54, 1.807) is 0 Å². The van der Waals surface area contributed by atoms with E-state index in [1.165, 1.54) is 29.8 Å². The van der Waals surface area contributed by atoms with Crippen molar-refractivity contribution in [2.75, 3.05) is 13.2 Å². The highest BCUT2D eigenvalue weighted by molar-refractivity contribution is 5.27. The Morgan fingerprint density at radius 3 is 2.74 bits per heavy atom. The van der Waals surface area contributed by atoms with Crippen molar-refractivity contribution in [1.29, 1.82) is 0 Å². The highest BCUT2D eigenvalue weighted by Crippen LogP contribution is 2.20. The Bertz CT molecular complexity index is 394. The lowest BCUT2D eigenvalue weighted by atomic mass is 10.1. The first-order valence-electron chi connectivity index (χ1n) is 7.69. The van der Waals surface area contributed by atoms with Gasteiger partial charge in [0.25, 0.3) is 0 Å². The first kappa shape index (κ1) is 14.5. The predicted octanol–water partition coefficient (Wildman–Crippen LogP) is 2.08. The van der Waals surface area contributed by atoms with Gasteiger partial charge in [-0.25, -0.2) is 0 Å². The minimum absolute atomic E-state index is 0.342. The van der Waals surface area contributed by atoms with Gasteiger partial charge in [0.2, 0.25) is 0 Å². The number of aromatic nitrogens is 2. The monoisotopic (exact) mass is 265 g/mol. The highest BCUT2D eigenvalue weighted by Gasteiger charge is 2.19. The van der Waals surface area contributed by atoms with Crippen molar-refractivity contribution in [2.45, 2.75) is 65.0 Å². The zero-order valence-electron chi connectivity index (χ0n) is 12.3. The third kappa shape index (κ3) is 3.37. The van der Waals surface area contributed by atoms with Crippen LogP contribution in [-0.2, 0) is 30.5 Å². The number of rotatable bonds is 6. The maximum atomic E-state index is 5.84. The Morgan fingerprint density at radius 2 is 2.16 bits per heavy atom. The molecule has 0 aromatic carbocycles. The van der Waals surface area contributed by atoms with Crippen LogP contribution in [0.3, 0.4) is 0 Å². The van der Waals surface area contributed by atoms with E-state index in [-0.39, 0.29) is 0 Å². The molecular formula is C15H27N3O. The molecule has 0 spiro atoms. The molecule has 0 amide bonds. The molecular weight excluding hydrogens is 238 g/mol. The van der Waals surface area contributed by atoms with E-state index in [4.69, 9.17) is 15.6 Å². The van der Waals surface area contributed by atoms with Crippen LogP contribution >= 0.6 is 0 Å². The second kappa shape index (κ2) is 7.06. The van der Waals surface area contributed by atoms with Gasteiger partial charge in [-0.05, 0) is 50.6 Å². The normalized spacial score (nSPS) is 19.8. The highest BCUT2D eigenvalue weighted by atomic mass is 16.5. The zero-order valence-corrected chi connectivity index (χ0v) is 12.3. The third-order valence-electron chi connectivity index (χ3n) is 3.96. The van der Waals surface area contributed by atoms with E-state index in [0.29, 0.717) is 12.6 Å². The Morgan fingerprint density at radius 1 is 1.32 bits per heavy atom. The average molecular weight is 265 g/mol. The summed E-state index contributed by atoms with van der Waals surface area (Å²) in [5, 5.41) is 4.79. The average Bonchev–Trinajstić information content (AvgIpc) is 2.77. The fourth-order valence-electron chi connectivity index (χ4n) is 3.00. The largest absolute Gasteiger partial charge is 0.376 e. The van der Waals surface area contributed by atoms with Gasteiger partial charge in [0.05, 0.1) is 18.3 Å². The van der Waals surface area contributed by atoms with Crippen molar-refractivity contribution in [3.8, 4) is 0 Å². The van der Waals surface area contributed by atoms with Crippen molar-refractivity contribution in [2.24, 2.45) is 5.73 Å². The van der Waals surface area contributed by atoms with E-state index in [0.717, 1.165) is 38.8 Å². The van der Waals surface area contributed by atoms with Gasteiger partial charge >= 0.3 is 0 Å². The Hall–Kier alpha value is -0.870. The van der Waals surface area contributed by atoms with Crippen LogP contribution < -0.4 is 5.73 Å². The maximum Gasteiger partial charge on any atom is 0.0771 e. The molecule has 4 nitrogen and oxygen atoms in total. The fraction of sp³-hybridized carbons (Fsp3) is 0.800. The topological polar surface area (TPSA) is 53.1 Å². The second-order valence-electron chi connectivity index (χ2n) is 5.29. The maximum absolute atomic E-state index is 5.84. The number of nitrogens with two attached hydrogens (primary N) is 1. The van der Waals surface area contributed by atoms with Crippen LogP contribution in [0.1, 0.15) is 50.1 Å². The first-order valence-corrected chi connectivity index (χ1v) is 7.69. The molecule has 1 aliphatic rings. The summed E-state index contributed by atoms with van der Waals surface area (Å²) < 4.78 is 8.02. The molecule has 108 valence electrons. The number of nitrogens with zero attached hydrogens (tertiary/aromatic N) is 2. The molecule has 4 heteroatoms. The molecule has 0 radical (unpaired) electrons. The Balaban J connectivity index is 2.18. The van der Waals surface area contributed by atoms with Gasteiger partial charge in [-0.15, -0.1) is 0 Å². The first-order chi connectivity index (χ1) is 9.30. The summed E-state index contributed by atoms with van der Waals surface area (Å²) in [7, 11) is 0. The van der Waals surface area contributed by atoms with Crippen LogP contribution in [0.4, 0.5) is 0 Å². The van der Waals surface area contributed by atoms with E-state index < -0.39 is 0 Å². The summed E-state index contributed by atoms with van der Waals surface area (Å²) in [6, 6.07) is 0. The van der Waals surface area contributed by atoms with Crippen LogP contribution in [0.5, 0.6) is 0 Å². The molecule has 1 saturated heterocycles. The lowest BCUT2D eigenvalue weighted by molar-refractivity contribution is 0.00348. The number of ether oxygens (including phenoxy) is 1. The Kier molecular flexibility index (Phi) is 5.40. The lowest BCUT2D eigenvalue weighted by Gasteiger charge is -2.23. The summed E-state index contributed by atoms with van der Waals surface area (Å²) in [6.45, 7) is 6.88. The second-order valence-corrected chi connectivity index (χ2v) is 5.29. The molecule has 1 aliphatic heterocycles. The molecule has 0 saturated carbocycles. The summed E-state index contributed by atoms with van der Waals surface area (Å²) in [5.74, 6) is 0. The Labute approximate surface area is 116 Å². The minimum Gasteiger partial charge on any atom is -0.376 e. The molecule has 1 aromatic rings. The summed E-state index contributed by atoms with van der Waals surface area (Å²) in [4.78, 5) is 0. The molecule has 1 fully saturated rings. The molecule has 1 aromatic heterocycles. The van der Waals surface area contributed by atoms with Crippen LogP contribution in [0.2, 0.25) is 0 Å². The molecule has 19 heavy (non-hydrogen) atoms. The molecule has 1 unspecified atom stereocenters. The summed E-state index contributed by atoms with van der Waals surface area (Å²) in [5.41, 5.74) is 9.70. The third-order valence-corrected chi connectivity index (χ3v) is 3.96. The summed E-state index contributed by atoms with van der Waals surface area (Å²) >= 11 is 0. The number of aryl methyl sites for hydroxylation is 1. The van der Waals surface area contributed by atoms with E-state index >= 15 is 0 Å². The lowest BCUT2D eigenvalue weighted by Crippen LogP contribution is -2.26. The van der Waals surface area contributed by atoms with Crippen molar-refractivity contribution in [3.63, 3.8) is 0 Å². The molecule has 1 atom stereocenters. The van der Waals surface area contributed by atoms with Crippen molar-refractivity contribution in [1.82, 2.24) is 9.78 Å². The number of hydrogen-bond acceptors (Lipinski definition) is 3. The number of hydrogen-bond donors (Lipinski definition) is 1.